The Morgan fingerprint density at radius 3 is 2.59 bits per heavy atom. The lowest BCUT2D eigenvalue weighted by Gasteiger charge is -1.99. The zero-order valence-electron chi connectivity index (χ0n) is 9.13. The van der Waals surface area contributed by atoms with Gasteiger partial charge < -0.3 is 5.73 Å². The van der Waals surface area contributed by atoms with Gasteiger partial charge in [0.25, 0.3) is 0 Å². The predicted octanol–water partition coefficient (Wildman–Crippen LogP) is 2.82. The van der Waals surface area contributed by atoms with Crippen molar-refractivity contribution in [1.29, 1.82) is 0 Å². The maximum atomic E-state index is 5.62. The number of benzene rings is 1. The van der Waals surface area contributed by atoms with E-state index in [0.717, 1.165) is 11.0 Å². The second kappa shape index (κ2) is 4.24. The van der Waals surface area contributed by atoms with Crippen LogP contribution in [0.15, 0.2) is 42.7 Å². The first-order chi connectivity index (χ1) is 8.36. The maximum Gasteiger partial charge on any atom is 0.0893 e. The van der Waals surface area contributed by atoms with E-state index in [-0.39, 0.29) is 0 Å². The second-order valence-electron chi connectivity index (χ2n) is 3.73. The molecule has 0 amide bonds. The third-order valence-electron chi connectivity index (χ3n) is 2.62. The average Bonchev–Trinajstić information content (AvgIpc) is 2.87. The molecule has 84 valence electrons. The van der Waals surface area contributed by atoms with Gasteiger partial charge in [0.2, 0.25) is 0 Å². The number of nitrogens with two attached hydrogens (primary N) is 1. The van der Waals surface area contributed by atoms with E-state index in [1.807, 2.05) is 6.07 Å². The van der Waals surface area contributed by atoms with Crippen molar-refractivity contribution in [3.8, 4) is 10.4 Å². The van der Waals surface area contributed by atoms with Crippen LogP contribution < -0.4 is 5.73 Å². The van der Waals surface area contributed by atoms with Crippen molar-refractivity contribution in [2.45, 2.75) is 6.54 Å². The highest BCUT2D eigenvalue weighted by Gasteiger charge is 2.03. The van der Waals surface area contributed by atoms with E-state index in [9.17, 15) is 0 Å². The Kier molecular flexibility index (Phi) is 2.59. The molecular formula is C13H11N3S. The molecule has 0 fully saturated rings. The lowest BCUT2D eigenvalue weighted by molar-refractivity contribution is 1.11. The molecule has 0 unspecified atom stereocenters. The summed E-state index contributed by atoms with van der Waals surface area (Å²) in [5.74, 6) is 0. The first kappa shape index (κ1) is 10.4. The fourth-order valence-electron chi connectivity index (χ4n) is 1.76. The number of aromatic nitrogens is 2. The van der Waals surface area contributed by atoms with Crippen LogP contribution in [0.3, 0.4) is 0 Å². The lowest BCUT2D eigenvalue weighted by Crippen LogP contribution is -1.91. The molecule has 17 heavy (non-hydrogen) atoms. The molecule has 1 aromatic carbocycles. The molecular weight excluding hydrogens is 230 g/mol. The Morgan fingerprint density at radius 1 is 1.00 bits per heavy atom. The van der Waals surface area contributed by atoms with Crippen molar-refractivity contribution in [1.82, 2.24) is 9.97 Å². The largest absolute Gasteiger partial charge is 0.326 e. The SMILES string of the molecule is NCc1ccc(-c2ccc3nccnc3c2)s1. The van der Waals surface area contributed by atoms with Crippen molar-refractivity contribution >= 4 is 22.4 Å². The number of nitrogens with zero attached hydrogens (tertiary/aromatic N) is 2. The van der Waals surface area contributed by atoms with Crippen LogP contribution in [0.1, 0.15) is 4.88 Å². The van der Waals surface area contributed by atoms with Gasteiger partial charge in [0.05, 0.1) is 11.0 Å². The summed E-state index contributed by atoms with van der Waals surface area (Å²) < 4.78 is 0. The summed E-state index contributed by atoms with van der Waals surface area (Å²) in [6.45, 7) is 0.595. The summed E-state index contributed by atoms with van der Waals surface area (Å²) in [5.41, 5.74) is 8.64. The van der Waals surface area contributed by atoms with E-state index >= 15 is 0 Å². The fraction of sp³-hybridized carbons (Fsp3) is 0.0769. The number of rotatable bonds is 2. The molecule has 2 aromatic heterocycles. The molecule has 0 saturated carbocycles. The van der Waals surface area contributed by atoms with E-state index in [1.54, 1.807) is 23.7 Å². The Balaban J connectivity index is 2.11. The van der Waals surface area contributed by atoms with Crippen LogP contribution in [0.4, 0.5) is 0 Å². The lowest BCUT2D eigenvalue weighted by atomic mass is 10.1. The van der Waals surface area contributed by atoms with Crippen LogP contribution in [-0.4, -0.2) is 9.97 Å². The van der Waals surface area contributed by atoms with E-state index < -0.39 is 0 Å². The monoisotopic (exact) mass is 241 g/mol. The van der Waals surface area contributed by atoms with E-state index in [2.05, 4.69) is 34.2 Å². The van der Waals surface area contributed by atoms with Gasteiger partial charge in [-0.15, -0.1) is 11.3 Å². The molecule has 0 aliphatic rings. The normalized spacial score (nSPS) is 10.9. The minimum absolute atomic E-state index is 0.595. The number of fused-ring (bicyclic) bond motifs is 1. The zero-order valence-corrected chi connectivity index (χ0v) is 9.95. The zero-order chi connectivity index (χ0) is 11.7. The molecule has 3 nitrogen and oxygen atoms in total. The van der Waals surface area contributed by atoms with Crippen molar-refractivity contribution in [3.63, 3.8) is 0 Å². The number of thiophene rings is 1. The highest BCUT2D eigenvalue weighted by Crippen LogP contribution is 2.29. The van der Waals surface area contributed by atoms with Crippen molar-refractivity contribution in [2.75, 3.05) is 0 Å². The summed E-state index contributed by atoms with van der Waals surface area (Å²) >= 11 is 1.72. The predicted molar refractivity (Wildman–Crippen MR) is 70.7 cm³/mol. The van der Waals surface area contributed by atoms with Crippen LogP contribution in [0, 0.1) is 0 Å². The van der Waals surface area contributed by atoms with Gasteiger partial charge in [-0.25, -0.2) is 0 Å². The molecule has 0 atom stereocenters. The van der Waals surface area contributed by atoms with Crippen molar-refractivity contribution in [3.05, 3.63) is 47.6 Å². The Bertz CT molecular complexity index is 660. The summed E-state index contributed by atoms with van der Waals surface area (Å²) in [6, 6.07) is 10.3. The summed E-state index contributed by atoms with van der Waals surface area (Å²) in [7, 11) is 0. The third-order valence-corrected chi connectivity index (χ3v) is 3.77. The van der Waals surface area contributed by atoms with Gasteiger partial charge in [-0.3, -0.25) is 9.97 Å². The van der Waals surface area contributed by atoms with Gasteiger partial charge in [-0.05, 0) is 29.8 Å². The van der Waals surface area contributed by atoms with Crippen LogP contribution >= 0.6 is 11.3 Å². The minimum atomic E-state index is 0.595. The van der Waals surface area contributed by atoms with Gasteiger partial charge in [0, 0.05) is 28.7 Å². The Hall–Kier alpha value is -1.78. The van der Waals surface area contributed by atoms with Crippen LogP contribution in [0.2, 0.25) is 0 Å². The highest BCUT2D eigenvalue weighted by molar-refractivity contribution is 7.15. The Morgan fingerprint density at radius 2 is 1.82 bits per heavy atom. The molecule has 4 heteroatoms. The standard InChI is InChI=1S/C13H11N3S/c14-8-10-2-4-13(17-10)9-1-3-11-12(7-9)16-6-5-15-11/h1-7H,8,14H2. The topological polar surface area (TPSA) is 51.8 Å². The molecule has 3 rings (SSSR count). The second-order valence-corrected chi connectivity index (χ2v) is 4.90. The van der Waals surface area contributed by atoms with Gasteiger partial charge in [0.1, 0.15) is 0 Å². The minimum Gasteiger partial charge on any atom is -0.326 e. The fourth-order valence-corrected chi connectivity index (χ4v) is 2.64. The third kappa shape index (κ3) is 1.92. The summed E-state index contributed by atoms with van der Waals surface area (Å²) in [4.78, 5) is 11.0. The molecule has 0 aliphatic carbocycles. The maximum absolute atomic E-state index is 5.62. The quantitative estimate of drug-likeness (QED) is 0.750. The molecule has 0 bridgehead atoms. The van der Waals surface area contributed by atoms with Crippen molar-refractivity contribution < 1.29 is 0 Å². The smallest absolute Gasteiger partial charge is 0.0893 e. The van der Waals surface area contributed by atoms with Crippen LogP contribution in [-0.2, 0) is 6.54 Å². The molecule has 0 radical (unpaired) electrons. The molecule has 0 aliphatic heterocycles. The summed E-state index contributed by atoms with van der Waals surface area (Å²) in [5, 5.41) is 0. The Labute approximate surface area is 103 Å². The van der Waals surface area contributed by atoms with Crippen molar-refractivity contribution in [2.24, 2.45) is 5.73 Å². The first-order valence-electron chi connectivity index (χ1n) is 5.37. The average molecular weight is 241 g/mol. The molecule has 0 spiro atoms. The molecule has 2 N–H and O–H groups in total. The van der Waals surface area contributed by atoms with Gasteiger partial charge in [-0.1, -0.05) is 6.07 Å². The first-order valence-corrected chi connectivity index (χ1v) is 6.18. The van der Waals surface area contributed by atoms with E-state index in [4.69, 9.17) is 5.73 Å². The summed E-state index contributed by atoms with van der Waals surface area (Å²) in [6.07, 6.45) is 3.42. The van der Waals surface area contributed by atoms with Crippen LogP contribution in [0.5, 0.6) is 0 Å². The number of hydrogen-bond donors (Lipinski definition) is 1. The van der Waals surface area contributed by atoms with E-state index in [1.165, 1.54) is 15.3 Å². The van der Waals surface area contributed by atoms with Gasteiger partial charge in [0.15, 0.2) is 0 Å². The van der Waals surface area contributed by atoms with E-state index in [0.29, 0.717) is 6.54 Å². The molecule has 0 saturated heterocycles. The van der Waals surface area contributed by atoms with Crippen LogP contribution in [0.25, 0.3) is 21.5 Å². The molecule has 2 heterocycles. The molecule has 3 aromatic rings. The highest BCUT2D eigenvalue weighted by atomic mass is 32.1. The number of hydrogen-bond acceptors (Lipinski definition) is 4. The van der Waals surface area contributed by atoms with Gasteiger partial charge in [-0.2, -0.15) is 0 Å². The van der Waals surface area contributed by atoms with Gasteiger partial charge >= 0.3 is 0 Å².